The molecule has 2 heterocycles. The van der Waals surface area contributed by atoms with E-state index < -0.39 is 0 Å². The van der Waals surface area contributed by atoms with E-state index in [1.54, 1.807) is 11.3 Å². The van der Waals surface area contributed by atoms with Gasteiger partial charge in [-0.25, -0.2) is 4.98 Å². The fourth-order valence-electron chi connectivity index (χ4n) is 2.28. The van der Waals surface area contributed by atoms with Gasteiger partial charge in [0.15, 0.2) is 0 Å². The van der Waals surface area contributed by atoms with Crippen LogP contribution >= 0.6 is 22.7 Å². The second-order valence-corrected chi connectivity index (χ2v) is 8.25. The summed E-state index contributed by atoms with van der Waals surface area (Å²) in [6.07, 6.45) is 1.11. The van der Waals surface area contributed by atoms with Crippen LogP contribution < -0.4 is 5.32 Å². The molecule has 7 heteroatoms. The zero-order valence-electron chi connectivity index (χ0n) is 14.4. The van der Waals surface area contributed by atoms with Crippen molar-refractivity contribution in [3.05, 3.63) is 45.9 Å². The molecule has 0 fully saturated rings. The van der Waals surface area contributed by atoms with Gasteiger partial charge in [-0.05, 0) is 12.8 Å². The molecule has 0 aliphatic rings. The van der Waals surface area contributed by atoms with Crippen LogP contribution in [0.15, 0.2) is 29.6 Å². The minimum absolute atomic E-state index is 0.118. The summed E-state index contributed by atoms with van der Waals surface area (Å²) >= 11 is 2.98. The van der Waals surface area contributed by atoms with E-state index in [4.69, 9.17) is 0 Å². The number of amides is 1. The van der Waals surface area contributed by atoms with E-state index in [9.17, 15) is 4.79 Å². The molecule has 1 amide bonds. The molecule has 3 aromatic rings. The molecule has 1 aromatic carbocycles. The standard InChI is InChI=1S/C18H20N4OS2/c1-11(2)8-16-21-22-18(25-16)20-15(23)9-14-10-24-17(19-14)13-6-4-12(3)5-7-13/h4-7,10-11H,8-9H2,1-3H3,(H,20,22,23). The summed E-state index contributed by atoms with van der Waals surface area (Å²) in [7, 11) is 0. The van der Waals surface area contributed by atoms with Gasteiger partial charge in [0.05, 0.1) is 12.1 Å². The molecule has 0 unspecified atom stereocenters. The van der Waals surface area contributed by atoms with Gasteiger partial charge in [-0.1, -0.05) is 55.0 Å². The Labute approximate surface area is 155 Å². The summed E-state index contributed by atoms with van der Waals surface area (Å²) in [5, 5.41) is 15.3. The molecule has 0 atom stereocenters. The molecule has 0 aliphatic carbocycles. The van der Waals surface area contributed by atoms with E-state index in [0.29, 0.717) is 11.0 Å². The first-order chi connectivity index (χ1) is 12.0. The lowest BCUT2D eigenvalue weighted by molar-refractivity contribution is -0.115. The SMILES string of the molecule is Cc1ccc(-c2nc(CC(=O)Nc3nnc(CC(C)C)s3)cs2)cc1. The van der Waals surface area contributed by atoms with Crippen LogP contribution in [0.25, 0.3) is 10.6 Å². The Kier molecular flexibility index (Phi) is 5.55. The minimum Gasteiger partial charge on any atom is -0.300 e. The van der Waals surface area contributed by atoms with Crippen molar-refractivity contribution in [2.45, 2.75) is 33.6 Å². The molecule has 0 saturated carbocycles. The number of anilines is 1. The van der Waals surface area contributed by atoms with Crippen LogP contribution in [0.5, 0.6) is 0 Å². The number of thiazole rings is 1. The molecule has 0 bridgehead atoms. The number of carbonyl (C=O) groups is 1. The number of aryl methyl sites for hydroxylation is 1. The van der Waals surface area contributed by atoms with Gasteiger partial charge in [-0.2, -0.15) is 0 Å². The number of hydrogen-bond acceptors (Lipinski definition) is 6. The molecule has 5 nitrogen and oxygen atoms in total. The zero-order chi connectivity index (χ0) is 17.8. The van der Waals surface area contributed by atoms with Gasteiger partial charge in [0.1, 0.15) is 10.0 Å². The third-order valence-electron chi connectivity index (χ3n) is 3.49. The van der Waals surface area contributed by atoms with Gasteiger partial charge < -0.3 is 5.32 Å². The smallest absolute Gasteiger partial charge is 0.232 e. The molecule has 25 heavy (non-hydrogen) atoms. The number of carbonyl (C=O) groups excluding carboxylic acids is 1. The van der Waals surface area contributed by atoms with Crippen LogP contribution in [0.3, 0.4) is 0 Å². The van der Waals surface area contributed by atoms with Crippen molar-refractivity contribution in [3.63, 3.8) is 0 Å². The Hall–Kier alpha value is -2.12. The molecule has 2 aromatic heterocycles. The van der Waals surface area contributed by atoms with Gasteiger partial charge in [-0.3, -0.25) is 4.79 Å². The van der Waals surface area contributed by atoms with Crippen molar-refractivity contribution in [1.29, 1.82) is 0 Å². The van der Waals surface area contributed by atoms with E-state index >= 15 is 0 Å². The molecule has 1 N–H and O–H groups in total. The summed E-state index contributed by atoms with van der Waals surface area (Å²) in [5.41, 5.74) is 3.06. The topological polar surface area (TPSA) is 67.8 Å². The normalized spacial score (nSPS) is 11.0. The number of rotatable bonds is 6. The Bertz CT molecular complexity index is 852. The lowest BCUT2D eigenvalue weighted by Crippen LogP contribution is -2.14. The summed E-state index contributed by atoms with van der Waals surface area (Å²) in [4.78, 5) is 16.8. The van der Waals surface area contributed by atoms with Crippen molar-refractivity contribution < 1.29 is 4.79 Å². The van der Waals surface area contributed by atoms with Gasteiger partial charge in [0.25, 0.3) is 0 Å². The first-order valence-corrected chi connectivity index (χ1v) is 9.83. The van der Waals surface area contributed by atoms with Crippen LogP contribution in [0.4, 0.5) is 5.13 Å². The third kappa shape index (κ3) is 4.93. The predicted octanol–water partition coefficient (Wildman–Crippen LogP) is 4.35. The largest absolute Gasteiger partial charge is 0.300 e. The van der Waals surface area contributed by atoms with E-state index in [-0.39, 0.29) is 12.3 Å². The summed E-state index contributed by atoms with van der Waals surface area (Å²) < 4.78 is 0. The van der Waals surface area contributed by atoms with Crippen LogP contribution in [-0.2, 0) is 17.6 Å². The molecule has 0 saturated heterocycles. The van der Waals surface area contributed by atoms with Gasteiger partial charge in [0, 0.05) is 17.4 Å². The minimum atomic E-state index is -0.118. The number of nitrogens with zero attached hydrogens (tertiary/aromatic N) is 3. The highest BCUT2D eigenvalue weighted by Crippen LogP contribution is 2.24. The molecular weight excluding hydrogens is 352 g/mol. The average molecular weight is 373 g/mol. The zero-order valence-corrected chi connectivity index (χ0v) is 16.1. The first kappa shape index (κ1) is 17.7. The molecule has 0 radical (unpaired) electrons. The Balaban J connectivity index is 1.60. The Morgan fingerprint density at radius 3 is 2.68 bits per heavy atom. The molecule has 0 spiro atoms. The van der Waals surface area contributed by atoms with Crippen LogP contribution in [-0.4, -0.2) is 21.1 Å². The highest BCUT2D eigenvalue weighted by molar-refractivity contribution is 7.15. The summed E-state index contributed by atoms with van der Waals surface area (Å²) in [6.45, 7) is 6.32. The summed E-state index contributed by atoms with van der Waals surface area (Å²) in [6, 6.07) is 8.23. The van der Waals surface area contributed by atoms with Crippen molar-refractivity contribution in [2.24, 2.45) is 5.92 Å². The van der Waals surface area contributed by atoms with E-state index in [1.807, 2.05) is 5.38 Å². The maximum Gasteiger partial charge on any atom is 0.232 e. The number of benzene rings is 1. The number of nitrogens with one attached hydrogen (secondary N) is 1. The van der Waals surface area contributed by atoms with Gasteiger partial charge in [-0.15, -0.1) is 21.5 Å². The Morgan fingerprint density at radius 2 is 1.96 bits per heavy atom. The monoisotopic (exact) mass is 372 g/mol. The molecular formula is C18H20N4OS2. The van der Waals surface area contributed by atoms with Gasteiger partial charge >= 0.3 is 0 Å². The first-order valence-electron chi connectivity index (χ1n) is 8.13. The van der Waals surface area contributed by atoms with Crippen LogP contribution in [0, 0.1) is 12.8 Å². The van der Waals surface area contributed by atoms with E-state index in [2.05, 4.69) is 65.5 Å². The highest BCUT2D eigenvalue weighted by Gasteiger charge is 2.12. The summed E-state index contributed by atoms with van der Waals surface area (Å²) in [5.74, 6) is 0.403. The predicted molar refractivity (Wildman–Crippen MR) is 103 cm³/mol. The van der Waals surface area contributed by atoms with Gasteiger partial charge in [0.2, 0.25) is 11.0 Å². The average Bonchev–Trinajstić information content (AvgIpc) is 3.17. The maximum absolute atomic E-state index is 12.2. The molecule has 3 rings (SSSR count). The van der Waals surface area contributed by atoms with Crippen molar-refractivity contribution in [3.8, 4) is 10.6 Å². The van der Waals surface area contributed by atoms with Crippen molar-refractivity contribution in [2.75, 3.05) is 5.32 Å². The lowest BCUT2D eigenvalue weighted by atomic mass is 10.1. The fraction of sp³-hybridized carbons (Fsp3) is 0.333. The van der Waals surface area contributed by atoms with Crippen LogP contribution in [0.1, 0.15) is 30.1 Å². The van der Waals surface area contributed by atoms with Crippen molar-refractivity contribution >= 4 is 33.7 Å². The van der Waals surface area contributed by atoms with E-state index in [1.165, 1.54) is 16.9 Å². The van der Waals surface area contributed by atoms with E-state index in [0.717, 1.165) is 27.7 Å². The number of aromatic nitrogens is 3. The quantitative estimate of drug-likeness (QED) is 0.698. The van der Waals surface area contributed by atoms with Crippen LogP contribution in [0.2, 0.25) is 0 Å². The second kappa shape index (κ2) is 7.84. The molecule has 130 valence electrons. The van der Waals surface area contributed by atoms with Crippen molar-refractivity contribution in [1.82, 2.24) is 15.2 Å². The Morgan fingerprint density at radius 1 is 1.20 bits per heavy atom. The lowest BCUT2D eigenvalue weighted by Gasteiger charge is -1.99. The highest BCUT2D eigenvalue weighted by atomic mass is 32.1. The fourth-order valence-corrected chi connectivity index (χ4v) is 4.07. The molecule has 0 aliphatic heterocycles. The maximum atomic E-state index is 12.2. The second-order valence-electron chi connectivity index (χ2n) is 6.33. The number of hydrogen-bond donors (Lipinski definition) is 1. The third-order valence-corrected chi connectivity index (χ3v) is 5.29.